The van der Waals surface area contributed by atoms with Crippen molar-refractivity contribution in [3.63, 3.8) is 0 Å². The Balaban J connectivity index is 1.45. The highest BCUT2D eigenvalue weighted by atomic mass is 35.5. The molecular formula is C21H24Cl2N6O3. The lowest BCUT2D eigenvalue weighted by molar-refractivity contribution is 0.120. The molecule has 11 heteroatoms. The molecule has 32 heavy (non-hydrogen) atoms. The molecular weight excluding hydrogens is 455 g/mol. The molecule has 0 spiro atoms. The van der Waals surface area contributed by atoms with E-state index >= 15 is 0 Å². The Labute approximate surface area is 194 Å². The van der Waals surface area contributed by atoms with Crippen LogP contribution in [0.1, 0.15) is 31.2 Å². The molecule has 3 N–H and O–H groups in total. The monoisotopic (exact) mass is 478 g/mol. The lowest BCUT2D eigenvalue weighted by atomic mass is 9.85. The summed E-state index contributed by atoms with van der Waals surface area (Å²) in [5, 5.41) is 13.5. The minimum absolute atomic E-state index is 0.0731. The molecule has 170 valence electrons. The predicted molar refractivity (Wildman–Crippen MR) is 124 cm³/mol. The Morgan fingerprint density at radius 2 is 2.06 bits per heavy atom. The van der Waals surface area contributed by atoms with E-state index in [1.54, 1.807) is 31.4 Å². The van der Waals surface area contributed by atoms with Gasteiger partial charge in [-0.05, 0) is 55.4 Å². The summed E-state index contributed by atoms with van der Waals surface area (Å²) in [6.07, 6.45) is 4.24. The van der Waals surface area contributed by atoms with Crippen LogP contribution in [-0.4, -0.2) is 55.3 Å². The maximum absolute atomic E-state index is 12.5. The Bertz CT molecular complexity index is 1190. The number of nitrogens with one attached hydrogen (secondary N) is 2. The van der Waals surface area contributed by atoms with Gasteiger partial charge in [-0.1, -0.05) is 23.2 Å². The van der Waals surface area contributed by atoms with E-state index in [-0.39, 0.29) is 18.3 Å². The summed E-state index contributed by atoms with van der Waals surface area (Å²) in [5.74, 6) is 0.846. The highest BCUT2D eigenvalue weighted by Crippen LogP contribution is 2.27. The van der Waals surface area contributed by atoms with Crippen LogP contribution in [0.2, 0.25) is 10.0 Å². The molecule has 0 unspecified atom stereocenters. The first-order valence-corrected chi connectivity index (χ1v) is 11.2. The highest BCUT2D eigenvalue weighted by Gasteiger charge is 2.26. The van der Waals surface area contributed by atoms with Crippen LogP contribution in [0.5, 0.6) is 0 Å². The van der Waals surface area contributed by atoms with Crippen molar-refractivity contribution in [2.75, 3.05) is 18.9 Å². The maximum atomic E-state index is 12.5. The van der Waals surface area contributed by atoms with Crippen LogP contribution >= 0.6 is 23.2 Å². The SMILES string of the molecule is CN(C(=O)O)C1CCC(CNc2ncc3[nH]c(=O)n(Cc4cc(Cl)ccc4Cl)c3n2)CC1. The molecule has 3 aromatic rings. The molecule has 2 aromatic heterocycles. The molecule has 1 aliphatic rings. The minimum Gasteiger partial charge on any atom is -0.465 e. The van der Waals surface area contributed by atoms with Gasteiger partial charge >= 0.3 is 11.8 Å². The number of aromatic nitrogens is 4. The molecule has 1 saturated carbocycles. The van der Waals surface area contributed by atoms with E-state index in [2.05, 4.69) is 20.3 Å². The standard InChI is InChI=1S/C21H24Cl2N6O3/c1-28(21(31)32)15-5-2-12(3-6-15)9-24-19-25-10-17-18(27-19)29(20(30)26-17)11-13-8-14(22)4-7-16(13)23/h4,7-8,10,12,15H,2-3,5-6,9,11H2,1H3,(H,26,30)(H,31,32)(H,24,25,27). The number of hydrogen-bond acceptors (Lipinski definition) is 5. The summed E-state index contributed by atoms with van der Waals surface area (Å²) in [6.45, 7) is 0.916. The number of H-pyrrole nitrogens is 1. The van der Waals surface area contributed by atoms with E-state index in [0.29, 0.717) is 39.6 Å². The van der Waals surface area contributed by atoms with Gasteiger partial charge in [0.1, 0.15) is 5.52 Å². The highest BCUT2D eigenvalue weighted by molar-refractivity contribution is 6.33. The lowest BCUT2D eigenvalue weighted by Crippen LogP contribution is -2.39. The van der Waals surface area contributed by atoms with Crippen molar-refractivity contribution in [1.82, 2.24) is 24.4 Å². The Hall–Kier alpha value is -2.78. The largest absolute Gasteiger partial charge is 0.465 e. The fourth-order valence-electron chi connectivity index (χ4n) is 4.14. The van der Waals surface area contributed by atoms with E-state index < -0.39 is 6.09 Å². The van der Waals surface area contributed by atoms with E-state index in [1.807, 2.05) is 0 Å². The number of carboxylic acid groups (broad SMARTS) is 1. The van der Waals surface area contributed by atoms with E-state index in [0.717, 1.165) is 31.2 Å². The summed E-state index contributed by atoms with van der Waals surface area (Å²) < 4.78 is 1.51. The first-order chi connectivity index (χ1) is 15.3. The van der Waals surface area contributed by atoms with Gasteiger partial charge in [-0.15, -0.1) is 0 Å². The van der Waals surface area contributed by atoms with E-state index in [1.165, 1.54) is 9.47 Å². The van der Waals surface area contributed by atoms with Gasteiger partial charge in [0.25, 0.3) is 0 Å². The van der Waals surface area contributed by atoms with Gasteiger partial charge in [-0.25, -0.2) is 14.6 Å². The van der Waals surface area contributed by atoms with Gasteiger partial charge in [-0.2, -0.15) is 4.98 Å². The molecule has 9 nitrogen and oxygen atoms in total. The zero-order valence-electron chi connectivity index (χ0n) is 17.5. The van der Waals surface area contributed by atoms with Gasteiger partial charge in [0.05, 0.1) is 12.7 Å². The van der Waals surface area contributed by atoms with Crippen LogP contribution < -0.4 is 11.0 Å². The number of benzene rings is 1. The molecule has 0 radical (unpaired) electrons. The number of nitrogens with zero attached hydrogens (tertiary/aromatic N) is 4. The number of imidazole rings is 1. The Morgan fingerprint density at radius 1 is 1.31 bits per heavy atom. The van der Waals surface area contributed by atoms with Crippen molar-refractivity contribution in [3.8, 4) is 0 Å². The van der Waals surface area contributed by atoms with Crippen LogP contribution in [0.25, 0.3) is 11.2 Å². The molecule has 4 rings (SSSR count). The fourth-order valence-corrected chi connectivity index (χ4v) is 4.51. The number of amides is 1. The quantitative estimate of drug-likeness (QED) is 0.491. The fraction of sp³-hybridized carbons (Fsp3) is 0.429. The first kappa shape index (κ1) is 22.4. The van der Waals surface area contributed by atoms with Gasteiger partial charge in [0.2, 0.25) is 5.95 Å². The first-order valence-electron chi connectivity index (χ1n) is 10.4. The number of halogens is 2. The summed E-state index contributed by atoms with van der Waals surface area (Å²) in [5.41, 5.74) is 1.44. The molecule has 0 atom stereocenters. The summed E-state index contributed by atoms with van der Waals surface area (Å²) >= 11 is 12.3. The normalized spacial score (nSPS) is 18.6. The van der Waals surface area contributed by atoms with Crippen molar-refractivity contribution in [1.29, 1.82) is 0 Å². The van der Waals surface area contributed by atoms with Gasteiger partial charge in [0.15, 0.2) is 5.65 Å². The second-order valence-corrected chi connectivity index (χ2v) is 8.98. The van der Waals surface area contributed by atoms with Crippen LogP contribution in [0.3, 0.4) is 0 Å². The average molecular weight is 479 g/mol. The van der Waals surface area contributed by atoms with Crippen molar-refractivity contribution < 1.29 is 9.90 Å². The molecule has 2 heterocycles. The molecule has 1 aliphatic carbocycles. The molecule has 0 saturated heterocycles. The van der Waals surface area contributed by atoms with Crippen LogP contribution in [0, 0.1) is 5.92 Å². The lowest BCUT2D eigenvalue weighted by Gasteiger charge is -2.33. The molecule has 1 aromatic carbocycles. The summed E-state index contributed by atoms with van der Waals surface area (Å²) in [7, 11) is 1.63. The molecule has 0 bridgehead atoms. The van der Waals surface area contributed by atoms with Gasteiger partial charge < -0.3 is 20.3 Å². The number of hydrogen-bond donors (Lipinski definition) is 3. The number of aromatic amines is 1. The zero-order chi connectivity index (χ0) is 22.8. The number of anilines is 1. The average Bonchev–Trinajstić information content (AvgIpc) is 3.09. The van der Waals surface area contributed by atoms with Crippen molar-refractivity contribution in [2.24, 2.45) is 5.92 Å². The number of rotatable bonds is 6. The van der Waals surface area contributed by atoms with Crippen LogP contribution in [0.15, 0.2) is 29.2 Å². The van der Waals surface area contributed by atoms with E-state index in [4.69, 9.17) is 28.3 Å². The van der Waals surface area contributed by atoms with Crippen molar-refractivity contribution >= 4 is 46.4 Å². The summed E-state index contributed by atoms with van der Waals surface area (Å²) in [6, 6.07) is 5.20. The second-order valence-electron chi connectivity index (χ2n) is 8.13. The zero-order valence-corrected chi connectivity index (χ0v) is 19.0. The van der Waals surface area contributed by atoms with Crippen LogP contribution in [-0.2, 0) is 6.54 Å². The molecule has 1 amide bonds. The third kappa shape index (κ3) is 4.83. The third-order valence-corrected chi connectivity index (χ3v) is 6.67. The van der Waals surface area contributed by atoms with Gasteiger partial charge in [-0.3, -0.25) is 4.57 Å². The Morgan fingerprint density at radius 3 is 2.78 bits per heavy atom. The third-order valence-electron chi connectivity index (χ3n) is 6.06. The smallest absolute Gasteiger partial charge is 0.407 e. The number of carbonyl (C=O) groups is 1. The minimum atomic E-state index is -0.884. The molecule has 0 aliphatic heterocycles. The van der Waals surface area contributed by atoms with Crippen molar-refractivity contribution in [2.45, 2.75) is 38.3 Å². The van der Waals surface area contributed by atoms with E-state index in [9.17, 15) is 9.59 Å². The molecule has 1 fully saturated rings. The Kier molecular flexibility index (Phi) is 6.57. The van der Waals surface area contributed by atoms with Crippen molar-refractivity contribution in [3.05, 3.63) is 50.5 Å². The summed E-state index contributed by atoms with van der Waals surface area (Å²) in [4.78, 5) is 36.6. The topological polar surface area (TPSA) is 116 Å². The maximum Gasteiger partial charge on any atom is 0.407 e. The second kappa shape index (κ2) is 9.38. The number of fused-ring (bicyclic) bond motifs is 1. The van der Waals surface area contributed by atoms with Gasteiger partial charge in [0, 0.05) is 29.7 Å². The predicted octanol–water partition coefficient (Wildman–Crippen LogP) is 4.06. The van der Waals surface area contributed by atoms with Crippen LogP contribution in [0.4, 0.5) is 10.7 Å².